The predicted octanol–water partition coefficient (Wildman–Crippen LogP) is 0.835. The molecule has 0 fully saturated rings. The smallest absolute Gasteiger partial charge is 0.0899 e. The molecule has 0 saturated carbocycles. The second-order valence-corrected chi connectivity index (χ2v) is 4.37. The molecule has 5 heteroatoms. The molecule has 15 heavy (non-hydrogen) atoms. The molecule has 2 N–H and O–H groups in total. The van der Waals surface area contributed by atoms with Gasteiger partial charge in [-0.3, -0.25) is 9.58 Å². The van der Waals surface area contributed by atoms with Gasteiger partial charge in [0.1, 0.15) is 0 Å². The van der Waals surface area contributed by atoms with E-state index in [0.717, 1.165) is 17.9 Å². The van der Waals surface area contributed by atoms with E-state index in [0.29, 0.717) is 4.99 Å². The van der Waals surface area contributed by atoms with Crippen molar-refractivity contribution in [2.75, 3.05) is 7.05 Å². The molecule has 0 aliphatic carbocycles. The zero-order valence-corrected chi connectivity index (χ0v) is 10.5. The number of hydrogen-bond donors (Lipinski definition) is 1. The van der Waals surface area contributed by atoms with Gasteiger partial charge in [-0.2, -0.15) is 5.10 Å². The van der Waals surface area contributed by atoms with E-state index >= 15 is 0 Å². The van der Waals surface area contributed by atoms with Crippen LogP contribution in [0.4, 0.5) is 0 Å². The Hall–Kier alpha value is -0.940. The Labute approximate surface area is 96.1 Å². The summed E-state index contributed by atoms with van der Waals surface area (Å²) in [6, 6.07) is 2.18. The first kappa shape index (κ1) is 12.1. The zero-order valence-electron chi connectivity index (χ0n) is 9.69. The Morgan fingerprint density at radius 2 is 2.33 bits per heavy atom. The second-order valence-electron chi connectivity index (χ2n) is 3.89. The molecule has 4 nitrogen and oxygen atoms in total. The molecule has 0 saturated heterocycles. The fraction of sp³-hybridized carbons (Fsp3) is 0.600. The number of nitrogens with zero attached hydrogens (tertiary/aromatic N) is 3. The van der Waals surface area contributed by atoms with Crippen molar-refractivity contribution in [1.29, 1.82) is 0 Å². The highest BCUT2D eigenvalue weighted by Crippen LogP contribution is 2.07. The Morgan fingerprint density at radius 3 is 2.73 bits per heavy atom. The molecule has 1 aromatic heterocycles. The maximum Gasteiger partial charge on any atom is 0.0899 e. The fourth-order valence-corrected chi connectivity index (χ4v) is 1.60. The Bertz CT molecular complexity index is 358. The molecule has 0 radical (unpaired) electrons. The largest absolute Gasteiger partial charge is 0.392 e. The topological polar surface area (TPSA) is 47.1 Å². The van der Waals surface area contributed by atoms with Crippen LogP contribution in [0.2, 0.25) is 0 Å². The molecular weight excluding hydrogens is 208 g/mol. The molecular formula is C10H18N4S. The van der Waals surface area contributed by atoms with Crippen LogP contribution in [0.1, 0.15) is 18.3 Å². The summed E-state index contributed by atoms with van der Waals surface area (Å²) in [5.41, 5.74) is 7.80. The molecule has 0 aliphatic rings. The average molecular weight is 226 g/mol. The van der Waals surface area contributed by atoms with Crippen LogP contribution in [0.25, 0.3) is 0 Å². The first-order valence-corrected chi connectivity index (χ1v) is 5.31. The van der Waals surface area contributed by atoms with Gasteiger partial charge in [0, 0.05) is 13.6 Å². The molecule has 0 aliphatic heterocycles. The number of thiocarbonyl (C=S) groups is 1. The van der Waals surface area contributed by atoms with Crippen molar-refractivity contribution in [2.45, 2.75) is 26.4 Å². The van der Waals surface area contributed by atoms with Crippen LogP contribution in [-0.2, 0) is 13.6 Å². The lowest BCUT2D eigenvalue weighted by atomic mass is 10.2. The quantitative estimate of drug-likeness (QED) is 0.773. The van der Waals surface area contributed by atoms with E-state index in [4.69, 9.17) is 18.0 Å². The number of hydrogen-bond acceptors (Lipinski definition) is 3. The van der Waals surface area contributed by atoms with Crippen LogP contribution in [0.15, 0.2) is 6.07 Å². The molecule has 0 spiro atoms. The van der Waals surface area contributed by atoms with Gasteiger partial charge in [0.05, 0.1) is 22.4 Å². The number of nitrogens with two attached hydrogens (primary N) is 1. The number of aromatic nitrogens is 2. The molecule has 1 atom stereocenters. The third kappa shape index (κ3) is 3.00. The Morgan fingerprint density at radius 1 is 1.73 bits per heavy atom. The van der Waals surface area contributed by atoms with Crippen molar-refractivity contribution in [3.8, 4) is 0 Å². The zero-order chi connectivity index (χ0) is 11.6. The predicted molar refractivity (Wildman–Crippen MR) is 65.7 cm³/mol. The number of aryl methyl sites for hydroxylation is 2. The first-order valence-electron chi connectivity index (χ1n) is 4.91. The lowest BCUT2D eigenvalue weighted by Gasteiger charge is -2.23. The summed E-state index contributed by atoms with van der Waals surface area (Å²) in [7, 11) is 3.95. The van der Waals surface area contributed by atoms with Gasteiger partial charge in [0.15, 0.2) is 0 Å². The van der Waals surface area contributed by atoms with Crippen molar-refractivity contribution >= 4 is 17.2 Å². The van der Waals surface area contributed by atoms with Gasteiger partial charge >= 0.3 is 0 Å². The summed E-state index contributed by atoms with van der Waals surface area (Å²) in [5.74, 6) is 0. The number of rotatable bonds is 4. The summed E-state index contributed by atoms with van der Waals surface area (Å²) in [4.78, 5) is 2.63. The minimum absolute atomic E-state index is 0.107. The lowest BCUT2D eigenvalue weighted by molar-refractivity contribution is 0.295. The summed E-state index contributed by atoms with van der Waals surface area (Å²) in [6.45, 7) is 4.79. The van der Waals surface area contributed by atoms with E-state index in [2.05, 4.69) is 16.1 Å². The standard InChI is InChI=1S/C10H18N4S/c1-7-5-9(14(4)12-7)6-13(3)8(2)10(11)15/h5,8H,6H2,1-4H3,(H2,11,15). The highest BCUT2D eigenvalue weighted by atomic mass is 32.1. The lowest BCUT2D eigenvalue weighted by Crippen LogP contribution is -2.38. The van der Waals surface area contributed by atoms with E-state index in [-0.39, 0.29) is 6.04 Å². The molecule has 0 bridgehead atoms. The molecule has 84 valence electrons. The minimum Gasteiger partial charge on any atom is -0.392 e. The van der Waals surface area contributed by atoms with Gasteiger partial charge < -0.3 is 5.73 Å². The third-order valence-electron chi connectivity index (χ3n) is 2.58. The monoisotopic (exact) mass is 226 g/mol. The van der Waals surface area contributed by atoms with Gasteiger partial charge in [-0.25, -0.2) is 0 Å². The summed E-state index contributed by atoms with van der Waals surface area (Å²) in [6.07, 6.45) is 0. The van der Waals surface area contributed by atoms with Crippen molar-refractivity contribution in [2.24, 2.45) is 12.8 Å². The third-order valence-corrected chi connectivity index (χ3v) is 2.92. The summed E-state index contributed by atoms with van der Waals surface area (Å²) < 4.78 is 1.89. The van der Waals surface area contributed by atoms with E-state index in [1.54, 1.807) is 0 Å². The van der Waals surface area contributed by atoms with Crippen molar-refractivity contribution < 1.29 is 0 Å². The average Bonchev–Trinajstić information content (AvgIpc) is 2.43. The van der Waals surface area contributed by atoms with E-state index in [1.165, 1.54) is 0 Å². The van der Waals surface area contributed by atoms with Crippen LogP contribution in [0, 0.1) is 6.92 Å². The van der Waals surface area contributed by atoms with E-state index in [9.17, 15) is 0 Å². The maximum atomic E-state index is 5.60. The molecule has 1 heterocycles. The Kier molecular flexibility index (Phi) is 3.82. The fourth-order valence-electron chi connectivity index (χ4n) is 1.42. The van der Waals surface area contributed by atoms with Crippen LogP contribution in [0.5, 0.6) is 0 Å². The molecule has 0 amide bonds. The maximum absolute atomic E-state index is 5.60. The summed E-state index contributed by atoms with van der Waals surface area (Å²) in [5, 5.41) is 4.29. The molecule has 1 unspecified atom stereocenters. The van der Waals surface area contributed by atoms with Crippen molar-refractivity contribution in [1.82, 2.24) is 14.7 Å². The van der Waals surface area contributed by atoms with Crippen molar-refractivity contribution in [3.05, 3.63) is 17.5 Å². The normalized spacial score (nSPS) is 13.1. The van der Waals surface area contributed by atoms with Gasteiger partial charge in [-0.05, 0) is 27.0 Å². The van der Waals surface area contributed by atoms with E-state index in [1.807, 2.05) is 32.6 Å². The van der Waals surface area contributed by atoms with Gasteiger partial charge in [0.2, 0.25) is 0 Å². The van der Waals surface area contributed by atoms with Gasteiger partial charge in [-0.1, -0.05) is 12.2 Å². The van der Waals surface area contributed by atoms with Crippen LogP contribution >= 0.6 is 12.2 Å². The highest BCUT2D eigenvalue weighted by molar-refractivity contribution is 7.80. The molecule has 0 aromatic carbocycles. The van der Waals surface area contributed by atoms with Gasteiger partial charge in [-0.15, -0.1) is 0 Å². The highest BCUT2D eigenvalue weighted by Gasteiger charge is 2.13. The summed E-state index contributed by atoms with van der Waals surface area (Å²) >= 11 is 4.96. The minimum atomic E-state index is 0.107. The van der Waals surface area contributed by atoms with Gasteiger partial charge in [0.25, 0.3) is 0 Å². The SMILES string of the molecule is Cc1cc(CN(C)C(C)C(N)=S)n(C)n1. The second kappa shape index (κ2) is 4.72. The van der Waals surface area contributed by atoms with Crippen LogP contribution in [-0.4, -0.2) is 32.8 Å². The first-order chi connectivity index (χ1) is 6.91. The molecule has 1 aromatic rings. The van der Waals surface area contributed by atoms with Crippen molar-refractivity contribution in [3.63, 3.8) is 0 Å². The molecule has 1 rings (SSSR count). The Balaban J connectivity index is 2.70. The van der Waals surface area contributed by atoms with Crippen LogP contribution < -0.4 is 5.73 Å². The van der Waals surface area contributed by atoms with Crippen LogP contribution in [0.3, 0.4) is 0 Å². The number of likely N-dealkylation sites (N-methyl/N-ethyl adjacent to an activating group) is 1. The van der Waals surface area contributed by atoms with E-state index < -0.39 is 0 Å².